The molecule has 0 N–H and O–H groups in total. The van der Waals surface area contributed by atoms with E-state index in [-0.39, 0.29) is 25.5 Å². The largest absolute Gasteiger partial charge is 0.340 e. The average Bonchev–Trinajstić information content (AvgIpc) is 2.52. The third-order valence-electron chi connectivity index (χ3n) is 3.47. The van der Waals surface area contributed by atoms with E-state index in [4.69, 9.17) is 4.74 Å². The Kier molecular flexibility index (Phi) is 5.64. The summed E-state index contributed by atoms with van der Waals surface area (Å²) in [6, 6.07) is 7.56. The van der Waals surface area contributed by atoms with Gasteiger partial charge in [0.25, 0.3) is 11.9 Å². The fraction of sp³-hybridized carbons (Fsp3) is 0.375. The Morgan fingerprint density at radius 1 is 1.42 bits per heavy atom. The van der Waals surface area contributed by atoms with Crippen molar-refractivity contribution in [2.75, 3.05) is 13.5 Å². The Morgan fingerprint density at radius 3 is 2.79 bits per heavy atom. The highest BCUT2D eigenvalue weighted by Gasteiger charge is 2.32. The molecule has 128 valence electrons. The summed E-state index contributed by atoms with van der Waals surface area (Å²) in [6.07, 6.45) is 3.02. The zero-order valence-corrected chi connectivity index (χ0v) is 13.9. The van der Waals surface area contributed by atoms with Gasteiger partial charge in [0, 0.05) is 12.1 Å². The standard InChI is InChI=1S/C16H20N4O4/c1-12(2)18-10-24-11-19(16(18)17-20(22)23)15(21)8-7-14-6-4-5-13(3)9-14/h4-9,12H,10-11H2,1-3H3/b8-7+,17-16+. The van der Waals surface area contributed by atoms with Crippen LogP contribution in [0.4, 0.5) is 0 Å². The van der Waals surface area contributed by atoms with Crippen molar-refractivity contribution in [1.82, 2.24) is 9.80 Å². The predicted octanol–water partition coefficient (Wildman–Crippen LogP) is 2.04. The van der Waals surface area contributed by atoms with Crippen molar-refractivity contribution >= 4 is 17.9 Å². The van der Waals surface area contributed by atoms with Gasteiger partial charge < -0.3 is 9.64 Å². The first-order chi connectivity index (χ1) is 11.4. The van der Waals surface area contributed by atoms with E-state index in [9.17, 15) is 14.9 Å². The van der Waals surface area contributed by atoms with Crippen molar-refractivity contribution in [2.45, 2.75) is 26.8 Å². The molecule has 24 heavy (non-hydrogen) atoms. The number of nitro groups is 1. The van der Waals surface area contributed by atoms with Gasteiger partial charge in [0.2, 0.25) is 0 Å². The number of guanidine groups is 1. The summed E-state index contributed by atoms with van der Waals surface area (Å²) >= 11 is 0. The number of aryl methyl sites for hydroxylation is 1. The first-order valence-electron chi connectivity index (χ1n) is 7.52. The van der Waals surface area contributed by atoms with E-state index in [1.807, 2.05) is 45.0 Å². The van der Waals surface area contributed by atoms with Crippen molar-refractivity contribution in [1.29, 1.82) is 0 Å². The molecule has 0 spiro atoms. The molecule has 0 aliphatic carbocycles. The van der Waals surface area contributed by atoms with Gasteiger partial charge in [0.15, 0.2) is 5.03 Å². The molecule has 8 nitrogen and oxygen atoms in total. The summed E-state index contributed by atoms with van der Waals surface area (Å²) < 4.78 is 5.35. The highest BCUT2D eigenvalue weighted by molar-refractivity contribution is 6.04. The molecule has 1 aromatic carbocycles. The fourth-order valence-corrected chi connectivity index (χ4v) is 2.26. The van der Waals surface area contributed by atoms with Gasteiger partial charge in [0.05, 0.1) is 0 Å². The third-order valence-corrected chi connectivity index (χ3v) is 3.47. The molecule has 0 aromatic heterocycles. The minimum atomic E-state index is -0.805. The van der Waals surface area contributed by atoms with Crippen molar-refractivity contribution in [2.24, 2.45) is 5.10 Å². The summed E-state index contributed by atoms with van der Waals surface area (Å²) in [6.45, 7) is 5.72. The van der Waals surface area contributed by atoms with Crippen LogP contribution >= 0.6 is 0 Å². The van der Waals surface area contributed by atoms with Crippen LogP contribution < -0.4 is 0 Å². The molecule has 1 heterocycles. The van der Waals surface area contributed by atoms with Crippen LogP contribution in [0.15, 0.2) is 35.4 Å². The summed E-state index contributed by atoms with van der Waals surface area (Å²) in [5.41, 5.74) is 1.95. The second-order valence-electron chi connectivity index (χ2n) is 5.68. The molecule has 1 aliphatic rings. The molecule has 1 saturated heterocycles. The molecule has 1 amide bonds. The van der Waals surface area contributed by atoms with Gasteiger partial charge in [0.1, 0.15) is 18.6 Å². The van der Waals surface area contributed by atoms with Gasteiger partial charge >= 0.3 is 0 Å². The number of carbonyl (C=O) groups is 1. The maximum atomic E-state index is 12.4. The third kappa shape index (κ3) is 4.39. The Bertz CT molecular complexity index is 684. The monoisotopic (exact) mass is 332 g/mol. The van der Waals surface area contributed by atoms with Gasteiger partial charge in [-0.15, -0.1) is 0 Å². The van der Waals surface area contributed by atoms with E-state index in [0.29, 0.717) is 0 Å². The van der Waals surface area contributed by atoms with Crippen molar-refractivity contribution < 1.29 is 14.6 Å². The lowest BCUT2D eigenvalue weighted by Gasteiger charge is -2.37. The Morgan fingerprint density at radius 2 is 2.17 bits per heavy atom. The second-order valence-corrected chi connectivity index (χ2v) is 5.68. The number of ether oxygens (including phenoxy) is 1. The summed E-state index contributed by atoms with van der Waals surface area (Å²) in [4.78, 5) is 26.0. The normalized spacial score (nSPS) is 17.1. The van der Waals surface area contributed by atoms with Crippen LogP contribution in [-0.4, -0.2) is 46.2 Å². The second kappa shape index (κ2) is 7.69. The number of carbonyl (C=O) groups excluding carboxylic acids is 1. The van der Waals surface area contributed by atoms with E-state index in [2.05, 4.69) is 5.10 Å². The van der Waals surface area contributed by atoms with E-state index in [1.165, 1.54) is 6.08 Å². The average molecular weight is 332 g/mol. The van der Waals surface area contributed by atoms with E-state index in [0.717, 1.165) is 16.0 Å². The fourth-order valence-electron chi connectivity index (χ4n) is 2.26. The SMILES string of the molecule is Cc1cccc(/C=C/C(=O)N2COCN(C(C)C)/C2=N\[N+](=O)[O-])c1. The van der Waals surface area contributed by atoms with Gasteiger partial charge in [-0.2, -0.15) is 0 Å². The lowest BCUT2D eigenvalue weighted by molar-refractivity contribution is -0.486. The number of nitrogens with zero attached hydrogens (tertiary/aromatic N) is 4. The molecule has 0 radical (unpaired) electrons. The molecule has 0 saturated carbocycles. The Hall–Kier alpha value is -2.74. The van der Waals surface area contributed by atoms with Crippen LogP contribution in [0, 0.1) is 17.0 Å². The van der Waals surface area contributed by atoms with Crippen molar-refractivity contribution in [3.63, 3.8) is 0 Å². The van der Waals surface area contributed by atoms with Crippen LogP contribution in [0.5, 0.6) is 0 Å². The number of benzene rings is 1. The number of hydrazone groups is 1. The van der Waals surface area contributed by atoms with Crippen molar-refractivity contribution in [3.8, 4) is 0 Å². The lowest BCUT2D eigenvalue weighted by Crippen LogP contribution is -2.55. The predicted molar refractivity (Wildman–Crippen MR) is 89.3 cm³/mol. The van der Waals surface area contributed by atoms with E-state index < -0.39 is 10.9 Å². The van der Waals surface area contributed by atoms with E-state index >= 15 is 0 Å². The van der Waals surface area contributed by atoms with Gasteiger partial charge in [-0.1, -0.05) is 29.8 Å². The van der Waals surface area contributed by atoms with Crippen LogP contribution in [-0.2, 0) is 9.53 Å². The smallest absolute Gasteiger partial charge is 0.284 e. The van der Waals surface area contributed by atoms with Crippen LogP contribution in [0.1, 0.15) is 25.0 Å². The molecule has 1 aliphatic heterocycles. The summed E-state index contributed by atoms with van der Waals surface area (Å²) in [7, 11) is 0. The van der Waals surface area contributed by atoms with Crippen LogP contribution in [0.3, 0.4) is 0 Å². The molecule has 0 bridgehead atoms. The number of rotatable bonds is 4. The summed E-state index contributed by atoms with van der Waals surface area (Å²) in [5, 5.41) is 13.4. The molecular formula is C16H20N4O4. The molecule has 2 rings (SSSR count). The number of hydrogen-bond acceptors (Lipinski definition) is 4. The van der Waals surface area contributed by atoms with Crippen LogP contribution in [0.25, 0.3) is 6.08 Å². The number of amides is 1. The molecule has 0 unspecified atom stereocenters. The lowest BCUT2D eigenvalue weighted by atomic mass is 10.1. The topological polar surface area (TPSA) is 88.3 Å². The van der Waals surface area contributed by atoms with Gasteiger partial charge in [-0.05, 0) is 32.4 Å². The zero-order chi connectivity index (χ0) is 17.7. The van der Waals surface area contributed by atoms with Gasteiger partial charge in [-0.25, -0.2) is 15.0 Å². The minimum Gasteiger partial charge on any atom is -0.340 e. The zero-order valence-electron chi connectivity index (χ0n) is 13.9. The Labute approximate surface area is 140 Å². The molecule has 1 aromatic rings. The first-order valence-corrected chi connectivity index (χ1v) is 7.52. The molecule has 1 fully saturated rings. The summed E-state index contributed by atoms with van der Waals surface area (Å²) in [5.74, 6) is -0.442. The highest BCUT2D eigenvalue weighted by atomic mass is 16.7. The maximum absolute atomic E-state index is 12.4. The molecule has 0 atom stereocenters. The van der Waals surface area contributed by atoms with E-state index in [1.54, 1.807) is 11.0 Å². The maximum Gasteiger partial charge on any atom is 0.284 e. The van der Waals surface area contributed by atoms with Crippen LogP contribution in [0.2, 0.25) is 0 Å². The number of hydrogen-bond donors (Lipinski definition) is 0. The quantitative estimate of drug-likeness (QED) is 0.478. The molecule has 8 heteroatoms. The molecular weight excluding hydrogens is 312 g/mol. The van der Waals surface area contributed by atoms with Crippen molar-refractivity contribution in [3.05, 3.63) is 51.6 Å². The first kappa shape index (κ1) is 17.6. The Balaban J connectivity index is 2.23. The minimum absolute atomic E-state index is 0.0138. The highest BCUT2D eigenvalue weighted by Crippen LogP contribution is 2.13. The van der Waals surface area contributed by atoms with Gasteiger partial charge in [-0.3, -0.25) is 4.79 Å².